The molecule has 0 spiro atoms. The van der Waals surface area contributed by atoms with E-state index < -0.39 is 6.36 Å². The van der Waals surface area contributed by atoms with Gasteiger partial charge in [-0.05, 0) is 48.8 Å². The summed E-state index contributed by atoms with van der Waals surface area (Å²) in [6.07, 6.45) is 0.657. The molecule has 0 atom stereocenters. The van der Waals surface area contributed by atoms with E-state index in [1.165, 1.54) is 18.2 Å². The van der Waals surface area contributed by atoms with Gasteiger partial charge in [0.25, 0.3) is 0 Å². The number of halogens is 3. The average Bonchev–Trinajstić information content (AvgIpc) is 2.68. The van der Waals surface area contributed by atoms with E-state index in [-0.39, 0.29) is 13.1 Å². The molecule has 1 N–H and O–H groups in total. The molecule has 0 aliphatic carbocycles. The molecule has 0 aliphatic rings. The van der Waals surface area contributed by atoms with Gasteiger partial charge >= 0.3 is 6.36 Å². The summed E-state index contributed by atoms with van der Waals surface area (Å²) in [6, 6.07) is 13.6. The first-order valence-electron chi connectivity index (χ1n) is 8.78. The van der Waals surface area contributed by atoms with Crippen molar-refractivity contribution in [1.29, 1.82) is 0 Å². The predicted octanol–water partition coefficient (Wildman–Crippen LogP) is 6.17. The van der Waals surface area contributed by atoms with Crippen LogP contribution in [0.3, 0.4) is 0 Å². The molecule has 29 heavy (non-hydrogen) atoms. The number of nitrogens with one attached hydrogen (secondary N) is 1. The summed E-state index contributed by atoms with van der Waals surface area (Å²) >= 11 is 0. The average molecular weight is 405 g/mol. The maximum atomic E-state index is 11.6. The molecule has 0 fully saturated rings. The Bertz CT molecular complexity index is 859. The van der Waals surface area contributed by atoms with Crippen molar-refractivity contribution in [3.63, 3.8) is 0 Å². The molecule has 0 saturated carbocycles. The normalized spacial score (nSPS) is 10.7. The molecule has 0 radical (unpaired) electrons. The van der Waals surface area contributed by atoms with Gasteiger partial charge in [0.15, 0.2) is 0 Å². The van der Waals surface area contributed by atoms with E-state index in [1.54, 1.807) is 19.1 Å². The van der Waals surface area contributed by atoms with Crippen LogP contribution in [0.25, 0.3) is 11.6 Å². The summed E-state index contributed by atoms with van der Waals surface area (Å²) < 4.78 is 38.5. The molecule has 0 unspecified atom stereocenters. The molecule has 156 valence electrons. The van der Waals surface area contributed by atoms with E-state index in [1.807, 2.05) is 43.3 Å². The quantitative estimate of drug-likeness (QED) is 0.583. The molecule has 6 heteroatoms. The van der Waals surface area contributed by atoms with Gasteiger partial charge in [0, 0.05) is 7.97 Å². The summed E-state index contributed by atoms with van der Waals surface area (Å²) in [4.78, 5) is 11.1. The van der Waals surface area contributed by atoms with Crippen molar-refractivity contribution < 1.29 is 24.1 Å². The van der Waals surface area contributed by atoms with Gasteiger partial charge in [-0.15, -0.1) is 13.2 Å². The third-order valence-electron chi connectivity index (χ3n) is 3.60. The number of rotatable bonds is 6. The number of ether oxygens (including phenoxy) is 1. The van der Waals surface area contributed by atoms with E-state index >= 15 is 0 Å². The molecule has 0 saturated heterocycles. The molecular weight excluding hydrogens is 379 g/mol. The minimum atomic E-state index is -4.60. The highest BCUT2D eigenvalue weighted by atomic mass is 19.4. The molecule has 2 aromatic rings. The lowest BCUT2D eigenvalue weighted by Crippen LogP contribution is -2.22. The van der Waals surface area contributed by atoms with E-state index in [2.05, 4.69) is 23.2 Å². The first kappa shape index (κ1) is 23.8. The number of hydrogen-bond donors (Lipinski definition) is 1. The van der Waals surface area contributed by atoms with Crippen LogP contribution in [-0.2, 0) is 4.79 Å². The van der Waals surface area contributed by atoms with Crippen molar-refractivity contribution in [3.8, 4) is 5.75 Å². The number of allylic oxidation sites excluding steroid dienone is 1. The second-order valence-electron chi connectivity index (χ2n) is 5.97. The summed E-state index contributed by atoms with van der Waals surface area (Å²) in [5, 5.41) is 2.72. The molecular formula is C23H26F3NO2. The Hall–Kier alpha value is -3.28. The lowest BCUT2D eigenvalue weighted by atomic mass is 10.0. The van der Waals surface area contributed by atoms with Crippen LogP contribution in [0.1, 0.15) is 25.0 Å². The first-order chi connectivity index (χ1) is 13.7. The topological polar surface area (TPSA) is 38.3 Å². The van der Waals surface area contributed by atoms with Gasteiger partial charge in [-0.25, -0.2) is 0 Å². The molecule has 0 aliphatic heterocycles. The maximum absolute atomic E-state index is 11.6. The van der Waals surface area contributed by atoms with Crippen LogP contribution in [0.15, 0.2) is 73.8 Å². The van der Waals surface area contributed by atoms with Gasteiger partial charge in [0.05, 0.1) is 0 Å². The smallest absolute Gasteiger partial charge is 0.406 e. The third kappa shape index (κ3) is 9.46. The van der Waals surface area contributed by atoms with E-state index in [9.17, 15) is 18.0 Å². The zero-order valence-corrected chi connectivity index (χ0v) is 16.4. The SMILES string of the molecule is C=CC(=O)NCC(=C)c1ccccc1/C=C/C.Cc1ccc(OC(F)(F)F)cc1.[HH]. The van der Waals surface area contributed by atoms with Crippen LogP contribution in [-0.4, -0.2) is 18.8 Å². The molecule has 2 rings (SSSR count). The van der Waals surface area contributed by atoms with E-state index in [0.717, 1.165) is 22.3 Å². The molecule has 0 aromatic heterocycles. The number of alkyl halides is 3. The van der Waals surface area contributed by atoms with Gasteiger partial charge < -0.3 is 10.1 Å². The van der Waals surface area contributed by atoms with Gasteiger partial charge in [-0.3, -0.25) is 4.79 Å². The molecule has 2 aromatic carbocycles. The number of benzene rings is 2. The van der Waals surface area contributed by atoms with Crippen LogP contribution in [0.2, 0.25) is 0 Å². The Morgan fingerprint density at radius 1 is 1.17 bits per heavy atom. The minimum absolute atomic E-state index is 0. The standard InChI is InChI=1S/C15H17NO.C8H7F3O.H2/c1-4-8-13-9-6-7-10-14(13)12(3)11-16-15(17)5-2;1-6-2-4-7(5-3-6)12-8(9,10)11;/h4-10H,2-3,11H2,1H3,(H,16,17);2-5H,1H3;1H/b8-4+;;. The van der Waals surface area contributed by atoms with Crippen molar-refractivity contribution in [1.82, 2.24) is 5.32 Å². The fourth-order valence-electron chi connectivity index (χ4n) is 2.25. The lowest BCUT2D eigenvalue weighted by molar-refractivity contribution is -0.274. The van der Waals surface area contributed by atoms with Gasteiger partial charge in [0.2, 0.25) is 5.91 Å². The first-order valence-corrected chi connectivity index (χ1v) is 8.78. The van der Waals surface area contributed by atoms with Gasteiger partial charge in [0.1, 0.15) is 5.75 Å². The van der Waals surface area contributed by atoms with Crippen molar-refractivity contribution >= 4 is 17.6 Å². The van der Waals surface area contributed by atoms with Crippen LogP contribution in [0, 0.1) is 6.92 Å². The Balaban J connectivity index is 0.000000573. The van der Waals surface area contributed by atoms with Crippen molar-refractivity contribution in [2.45, 2.75) is 20.2 Å². The number of hydrogen-bond acceptors (Lipinski definition) is 2. The molecule has 3 nitrogen and oxygen atoms in total. The third-order valence-corrected chi connectivity index (χ3v) is 3.60. The van der Waals surface area contributed by atoms with Gasteiger partial charge in [-0.2, -0.15) is 0 Å². The molecule has 1 amide bonds. The van der Waals surface area contributed by atoms with E-state index in [4.69, 9.17) is 0 Å². The summed E-state index contributed by atoms with van der Waals surface area (Å²) in [7, 11) is 0. The van der Waals surface area contributed by atoms with Crippen molar-refractivity contribution in [2.75, 3.05) is 6.54 Å². The Labute approximate surface area is 170 Å². The van der Waals surface area contributed by atoms with Crippen LogP contribution >= 0.6 is 0 Å². The zero-order chi connectivity index (χ0) is 21.9. The summed E-state index contributed by atoms with van der Waals surface area (Å²) in [5.41, 5.74) is 3.93. The maximum Gasteiger partial charge on any atom is 0.573 e. The number of carbonyl (C=O) groups excluding carboxylic acids is 1. The van der Waals surface area contributed by atoms with Crippen LogP contribution in [0.5, 0.6) is 5.75 Å². The second kappa shape index (κ2) is 11.5. The van der Waals surface area contributed by atoms with Crippen LogP contribution in [0.4, 0.5) is 13.2 Å². The van der Waals surface area contributed by atoms with Crippen LogP contribution < -0.4 is 10.1 Å². The zero-order valence-electron chi connectivity index (χ0n) is 16.4. The lowest BCUT2D eigenvalue weighted by Gasteiger charge is -2.09. The highest BCUT2D eigenvalue weighted by molar-refractivity contribution is 5.88. The number of amides is 1. The summed E-state index contributed by atoms with van der Waals surface area (Å²) in [5.74, 6) is -0.372. The Morgan fingerprint density at radius 2 is 1.79 bits per heavy atom. The summed E-state index contributed by atoms with van der Waals surface area (Å²) in [6.45, 7) is 11.6. The number of carbonyl (C=O) groups is 1. The fourth-order valence-corrected chi connectivity index (χ4v) is 2.25. The van der Waals surface area contributed by atoms with Crippen molar-refractivity contribution in [2.24, 2.45) is 0 Å². The highest BCUT2D eigenvalue weighted by Crippen LogP contribution is 2.22. The Morgan fingerprint density at radius 3 is 2.34 bits per heavy atom. The fraction of sp³-hybridized carbons (Fsp3) is 0.174. The Kier molecular flexibility index (Phi) is 9.45. The predicted molar refractivity (Wildman–Crippen MR) is 113 cm³/mol. The molecule has 0 bridgehead atoms. The minimum Gasteiger partial charge on any atom is -0.406 e. The van der Waals surface area contributed by atoms with Crippen molar-refractivity contribution in [3.05, 3.63) is 90.5 Å². The highest BCUT2D eigenvalue weighted by Gasteiger charge is 2.30. The molecule has 0 heterocycles. The van der Waals surface area contributed by atoms with E-state index in [0.29, 0.717) is 6.54 Å². The second-order valence-corrected chi connectivity index (χ2v) is 5.97. The monoisotopic (exact) mass is 405 g/mol. The van der Waals surface area contributed by atoms with Gasteiger partial charge in [-0.1, -0.05) is 67.3 Å². The number of aryl methyl sites for hydroxylation is 1. The largest absolute Gasteiger partial charge is 0.573 e.